The van der Waals surface area contributed by atoms with Gasteiger partial charge in [-0.2, -0.15) is 0 Å². The molecule has 3 aliphatic rings. The van der Waals surface area contributed by atoms with E-state index in [1.54, 1.807) is 0 Å². The van der Waals surface area contributed by atoms with Crippen LogP contribution in [0, 0.1) is 20.8 Å². The van der Waals surface area contributed by atoms with Crippen LogP contribution in [0.1, 0.15) is 69.4 Å². The van der Waals surface area contributed by atoms with Gasteiger partial charge in [0.1, 0.15) is 0 Å². The molecule has 278 valence electrons. The Kier molecular flexibility index (Phi) is 7.67. The molecule has 6 heteroatoms. The van der Waals surface area contributed by atoms with Crippen molar-refractivity contribution < 1.29 is 9.47 Å². The van der Waals surface area contributed by atoms with E-state index in [0.29, 0.717) is 0 Å². The van der Waals surface area contributed by atoms with Gasteiger partial charge in [-0.3, -0.25) is 0 Å². The first-order valence-corrected chi connectivity index (χ1v) is 20.6. The maximum absolute atomic E-state index is 6.17. The highest BCUT2D eigenvalue weighted by Crippen LogP contribution is 2.52. The molecule has 10 rings (SSSR count). The normalized spacial score (nSPS) is 14.3. The van der Waals surface area contributed by atoms with E-state index in [4.69, 9.17) is 9.47 Å². The van der Waals surface area contributed by atoms with Crippen LogP contribution in [0.25, 0.3) is 21.2 Å². The molecule has 3 aliphatic heterocycles. The van der Waals surface area contributed by atoms with Crippen molar-refractivity contribution in [3.8, 4) is 22.6 Å². The van der Waals surface area contributed by atoms with E-state index in [1.807, 2.05) is 11.3 Å². The highest BCUT2D eigenvalue weighted by atomic mass is 32.1. The molecule has 0 bridgehead atoms. The molecule has 0 amide bonds. The number of rotatable bonds is 3. The lowest BCUT2D eigenvalue weighted by Crippen LogP contribution is -2.61. The van der Waals surface area contributed by atoms with Gasteiger partial charge in [-0.1, -0.05) is 108 Å². The zero-order chi connectivity index (χ0) is 38.8. The first-order valence-electron chi connectivity index (χ1n) is 19.8. The molecule has 4 heterocycles. The number of hydrogen-bond acceptors (Lipinski definition) is 5. The van der Waals surface area contributed by atoms with Crippen molar-refractivity contribution in [2.24, 2.45) is 0 Å². The molecule has 0 aliphatic carbocycles. The van der Waals surface area contributed by atoms with Crippen LogP contribution in [0.2, 0.25) is 0 Å². The minimum Gasteiger partial charge on any atom is -0.454 e. The molecule has 0 unspecified atom stereocenters. The zero-order valence-electron chi connectivity index (χ0n) is 33.8. The average molecular weight is 751 g/mol. The fourth-order valence-corrected chi connectivity index (χ4v) is 10.5. The third-order valence-electron chi connectivity index (χ3n) is 12.0. The smallest absolute Gasteiger partial charge is 0.254 e. The third-order valence-corrected chi connectivity index (χ3v) is 13.2. The summed E-state index contributed by atoms with van der Waals surface area (Å²) in [6.45, 7) is 20.9. The number of aryl methyl sites for hydroxylation is 3. The molecule has 6 aromatic carbocycles. The lowest BCUT2D eigenvalue weighted by atomic mass is 9.33. The van der Waals surface area contributed by atoms with Crippen LogP contribution in [-0.2, 0) is 10.8 Å². The number of ether oxygens (including phenoxy) is 2. The Labute approximate surface area is 335 Å². The minimum absolute atomic E-state index is 0.0172. The highest BCUT2D eigenvalue weighted by molar-refractivity contribution is 7.26. The first kappa shape index (κ1) is 35.0. The molecule has 0 N–H and O–H groups in total. The topological polar surface area (TPSA) is 24.9 Å². The predicted molar refractivity (Wildman–Crippen MR) is 239 cm³/mol. The monoisotopic (exact) mass is 750 g/mol. The standard InChI is InChI=1S/C50H47BN2O2S/c1-29-21-40-46-41(22-29)53(47-30(2)23-34(24-31(47)3)50(7,8)9)48-45(35-17-13-14-18-44(35)56-48)51(46)37-26-42-43(55-28-54-42)27-39(37)52(40)38-20-19-33(49(4,5)6)25-36(38)32-15-11-10-12-16-32/h10-27H,28H2,1-9H3. The van der Waals surface area contributed by atoms with Gasteiger partial charge in [0.2, 0.25) is 6.79 Å². The maximum atomic E-state index is 6.17. The van der Waals surface area contributed by atoms with Gasteiger partial charge >= 0.3 is 0 Å². The minimum atomic E-state index is -0.0211. The van der Waals surface area contributed by atoms with Crippen LogP contribution in [0.3, 0.4) is 0 Å². The summed E-state index contributed by atoms with van der Waals surface area (Å²) in [7, 11) is 0. The molecule has 7 aromatic rings. The number of anilines is 6. The van der Waals surface area contributed by atoms with Crippen molar-refractivity contribution in [2.75, 3.05) is 16.6 Å². The van der Waals surface area contributed by atoms with Gasteiger partial charge in [0.25, 0.3) is 6.71 Å². The summed E-state index contributed by atoms with van der Waals surface area (Å²) in [4.78, 5) is 5.13. The summed E-state index contributed by atoms with van der Waals surface area (Å²) >= 11 is 1.91. The maximum Gasteiger partial charge on any atom is 0.254 e. The fourth-order valence-electron chi connectivity index (χ4n) is 9.26. The Morgan fingerprint density at radius 3 is 1.93 bits per heavy atom. The van der Waals surface area contributed by atoms with Gasteiger partial charge in [-0.25, -0.2) is 0 Å². The van der Waals surface area contributed by atoms with Gasteiger partial charge in [0.15, 0.2) is 11.5 Å². The third kappa shape index (κ3) is 5.25. The number of thiophene rings is 1. The van der Waals surface area contributed by atoms with Crippen LogP contribution in [0.5, 0.6) is 11.5 Å². The first-order chi connectivity index (χ1) is 26.8. The van der Waals surface area contributed by atoms with Crippen molar-refractivity contribution in [3.63, 3.8) is 0 Å². The van der Waals surface area contributed by atoms with E-state index in [2.05, 4.69) is 181 Å². The molecule has 56 heavy (non-hydrogen) atoms. The summed E-state index contributed by atoms with van der Waals surface area (Å²) in [6, 6.07) is 41.1. The molecule has 0 saturated heterocycles. The second kappa shape index (κ2) is 12.3. The molecule has 1 aromatic heterocycles. The quantitative estimate of drug-likeness (QED) is 0.168. The van der Waals surface area contributed by atoms with Crippen LogP contribution in [0.15, 0.2) is 109 Å². The lowest BCUT2D eigenvalue weighted by molar-refractivity contribution is 0.174. The van der Waals surface area contributed by atoms with Gasteiger partial charge in [0, 0.05) is 33.4 Å². The highest BCUT2D eigenvalue weighted by Gasteiger charge is 2.47. The van der Waals surface area contributed by atoms with Gasteiger partial charge in [0.05, 0.1) is 16.4 Å². The number of fused-ring (bicyclic) bond motifs is 7. The Balaban J connectivity index is 1.33. The van der Waals surface area contributed by atoms with Gasteiger partial charge < -0.3 is 19.3 Å². The fraction of sp³-hybridized carbons (Fsp3) is 0.240. The van der Waals surface area contributed by atoms with Gasteiger partial charge in [-0.05, 0) is 123 Å². The summed E-state index contributed by atoms with van der Waals surface area (Å²) in [5.41, 5.74) is 18.7. The predicted octanol–water partition coefficient (Wildman–Crippen LogP) is 11.9. The van der Waals surface area contributed by atoms with E-state index in [1.165, 1.54) is 87.5 Å². The number of benzene rings is 6. The summed E-state index contributed by atoms with van der Waals surface area (Å²) < 4.78 is 13.6. The average Bonchev–Trinajstić information content (AvgIpc) is 3.78. The number of nitrogens with zero attached hydrogens (tertiary/aromatic N) is 2. The Morgan fingerprint density at radius 2 is 1.23 bits per heavy atom. The van der Waals surface area contributed by atoms with Crippen LogP contribution < -0.4 is 35.7 Å². The van der Waals surface area contributed by atoms with Crippen molar-refractivity contribution in [1.82, 2.24) is 0 Å². The second-order valence-corrected chi connectivity index (χ2v) is 19.0. The van der Waals surface area contributed by atoms with E-state index in [9.17, 15) is 0 Å². The summed E-state index contributed by atoms with van der Waals surface area (Å²) in [5, 5.41) is 2.59. The summed E-state index contributed by atoms with van der Waals surface area (Å²) in [6.07, 6.45) is 0. The molecule has 0 radical (unpaired) electrons. The van der Waals surface area contributed by atoms with Crippen molar-refractivity contribution in [1.29, 1.82) is 0 Å². The van der Waals surface area contributed by atoms with E-state index in [0.717, 1.165) is 22.9 Å². The van der Waals surface area contributed by atoms with Crippen LogP contribution >= 0.6 is 11.3 Å². The second-order valence-electron chi connectivity index (χ2n) is 18.0. The Morgan fingerprint density at radius 1 is 0.589 bits per heavy atom. The largest absolute Gasteiger partial charge is 0.454 e. The molecular formula is C50H47BN2O2S. The van der Waals surface area contributed by atoms with E-state index >= 15 is 0 Å². The molecule has 0 atom stereocenters. The van der Waals surface area contributed by atoms with Crippen molar-refractivity contribution in [3.05, 3.63) is 137 Å². The molecule has 0 fully saturated rings. The Hall–Kier alpha value is -5.46. The molecule has 4 nitrogen and oxygen atoms in total. The van der Waals surface area contributed by atoms with Crippen molar-refractivity contribution in [2.45, 2.75) is 73.1 Å². The van der Waals surface area contributed by atoms with Crippen LogP contribution in [-0.4, -0.2) is 13.5 Å². The van der Waals surface area contributed by atoms with E-state index < -0.39 is 0 Å². The SMILES string of the molecule is Cc1cc2c3c(c1)N(c1c(C)cc(C(C)(C)C)cc1C)c1sc4ccccc4c1B3c1cc3c(cc1N2c1ccc(C(C)(C)C)cc1-c1ccccc1)OCO3. The van der Waals surface area contributed by atoms with Gasteiger partial charge in [-0.15, -0.1) is 11.3 Å². The summed E-state index contributed by atoms with van der Waals surface area (Å²) in [5.74, 6) is 1.59. The molecular weight excluding hydrogens is 703 g/mol. The number of hydrogen-bond donors (Lipinski definition) is 0. The Bertz CT molecular complexity index is 2730. The molecule has 0 spiro atoms. The molecule has 0 saturated carbocycles. The zero-order valence-corrected chi connectivity index (χ0v) is 34.6. The van der Waals surface area contributed by atoms with Crippen molar-refractivity contribution >= 4 is 78.0 Å². The lowest BCUT2D eigenvalue weighted by Gasteiger charge is -2.44. The van der Waals surface area contributed by atoms with Crippen LogP contribution in [0.4, 0.5) is 33.4 Å². The van der Waals surface area contributed by atoms with E-state index in [-0.39, 0.29) is 24.3 Å².